The third-order valence-corrected chi connectivity index (χ3v) is 2.98. The molecular formula is C6H5BrCl2. The van der Waals surface area contributed by atoms with Crippen LogP contribution in [0.1, 0.15) is 6.42 Å². The monoisotopic (exact) mass is 226 g/mol. The molecule has 0 nitrogen and oxygen atoms in total. The van der Waals surface area contributed by atoms with Crippen LogP contribution in [0.2, 0.25) is 0 Å². The largest absolute Gasteiger partial charge is 0.138 e. The molecule has 0 aromatic rings. The maximum absolute atomic E-state index is 5.89. The van der Waals surface area contributed by atoms with Crippen molar-refractivity contribution in [1.82, 2.24) is 0 Å². The molecule has 0 aliphatic heterocycles. The summed E-state index contributed by atoms with van der Waals surface area (Å²) in [7, 11) is 0. The van der Waals surface area contributed by atoms with E-state index in [-0.39, 0.29) is 0 Å². The number of hydrogen-bond donors (Lipinski definition) is 0. The topological polar surface area (TPSA) is 0 Å². The average molecular weight is 228 g/mol. The van der Waals surface area contributed by atoms with E-state index in [9.17, 15) is 0 Å². The second kappa shape index (κ2) is 2.65. The van der Waals surface area contributed by atoms with Crippen LogP contribution in [0.5, 0.6) is 0 Å². The molecule has 50 valence electrons. The molecule has 0 heterocycles. The molecule has 0 aromatic carbocycles. The zero-order valence-corrected chi connectivity index (χ0v) is 7.67. The summed E-state index contributed by atoms with van der Waals surface area (Å²) < 4.78 is -0.538. The first kappa shape index (κ1) is 7.64. The van der Waals surface area contributed by atoms with Crippen LogP contribution in [0.15, 0.2) is 23.3 Å². The third kappa shape index (κ3) is 1.73. The van der Waals surface area contributed by atoms with Crippen LogP contribution in [0.3, 0.4) is 0 Å². The van der Waals surface area contributed by atoms with E-state index in [0.717, 1.165) is 6.42 Å². The lowest BCUT2D eigenvalue weighted by Crippen LogP contribution is -2.12. The first-order valence-corrected chi connectivity index (χ1v) is 4.08. The SMILES string of the molecule is ClC1=CC=CCC1(Cl)Br. The van der Waals surface area contributed by atoms with Crippen LogP contribution >= 0.6 is 39.1 Å². The van der Waals surface area contributed by atoms with Crippen molar-refractivity contribution in [1.29, 1.82) is 0 Å². The van der Waals surface area contributed by atoms with Gasteiger partial charge in [0.05, 0.1) is 5.03 Å². The molecule has 1 rings (SSSR count). The zero-order chi connectivity index (χ0) is 6.91. The average Bonchev–Trinajstić information content (AvgIpc) is 1.77. The van der Waals surface area contributed by atoms with Crippen molar-refractivity contribution in [3.63, 3.8) is 0 Å². The Bertz CT molecular complexity index is 170. The second-order valence-electron chi connectivity index (χ2n) is 1.85. The van der Waals surface area contributed by atoms with Crippen molar-refractivity contribution in [2.75, 3.05) is 0 Å². The Hall–Kier alpha value is 0.540. The third-order valence-electron chi connectivity index (χ3n) is 1.10. The molecule has 0 aromatic heterocycles. The summed E-state index contributed by atoms with van der Waals surface area (Å²) >= 11 is 14.9. The second-order valence-corrected chi connectivity index (χ2v) is 4.71. The Labute approximate surface area is 72.7 Å². The number of alkyl halides is 2. The van der Waals surface area contributed by atoms with Crippen LogP contribution in [-0.4, -0.2) is 3.78 Å². The smallest absolute Gasteiger partial charge is 0.100 e. The summed E-state index contributed by atoms with van der Waals surface area (Å²) in [5.74, 6) is 0. The Morgan fingerprint density at radius 3 is 2.67 bits per heavy atom. The van der Waals surface area contributed by atoms with Crippen molar-refractivity contribution >= 4 is 39.1 Å². The van der Waals surface area contributed by atoms with Gasteiger partial charge < -0.3 is 0 Å². The Morgan fingerprint density at radius 2 is 2.33 bits per heavy atom. The van der Waals surface area contributed by atoms with E-state index in [2.05, 4.69) is 15.9 Å². The molecule has 0 radical (unpaired) electrons. The maximum Gasteiger partial charge on any atom is 0.138 e. The molecule has 0 fully saturated rings. The minimum atomic E-state index is -0.538. The maximum atomic E-state index is 5.89. The lowest BCUT2D eigenvalue weighted by Gasteiger charge is -2.18. The highest BCUT2D eigenvalue weighted by Crippen LogP contribution is 2.40. The van der Waals surface area contributed by atoms with Crippen molar-refractivity contribution in [2.24, 2.45) is 0 Å². The number of hydrogen-bond acceptors (Lipinski definition) is 0. The Morgan fingerprint density at radius 1 is 1.67 bits per heavy atom. The quantitative estimate of drug-likeness (QED) is 0.557. The molecular weight excluding hydrogens is 223 g/mol. The molecule has 0 N–H and O–H groups in total. The summed E-state index contributed by atoms with van der Waals surface area (Å²) in [4.78, 5) is 0. The van der Waals surface area contributed by atoms with Crippen molar-refractivity contribution in [3.8, 4) is 0 Å². The molecule has 0 amide bonds. The predicted molar refractivity (Wildman–Crippen MR) is 45.2 cm³/mol. The predicted octanol–water partition coefficient (Wildman–Crippen LogP) is 3.40. The van der Waals surface area contributed by atoms with E-state index in [0.29, 0.717) is 5.03 Å². The molecule has 0 bridgehead atoms. The van der Waals surface area contributed by atoms with Gasteiger partial charge in [0.25, 0.3) is 0 Å². The molecule has 0 saturated carbocycles. The summed E-state index contributed by atoms with van der Waals surface area (Å²) in [6, 6.07) is 0. The molecule has 1 aliphatic rings. The highest BCUT2D eigenvalue weighted by atomic mass is 79.9. The number of rotatable bonds is 0. The van der Waals surface area contributed by atoms with Gasteiger partial charge in [-0.2, -0.15) is 0 Å². The molecule has 0 spiro atoms. The fraction of sp³-hybridized carbons (Fsp3) is 0.333. The first-order valence-electron chi connectivity index (χ1n) is 2.53. The highest BCUT2D eigenvalue weighted by molar-refractivity contribution is 9.10. The lowest BCUT2D eigenvalue weighted by molar-refractivity contribution is 0.975. The van der Waals surface area contributed by atoms with E-state index >= 15 is 0 Å². The summed E-state index contributed by atoms with van der Waals surface area (Å²) in [5, 5.41) is 0.645. The van der Waals surface area contributed by atoms with Crippen LogP contribution in [0.4, 0.5) is 0 Å². The van der Waals surface area contributed by atoms with Crippen LogP contribution in [0, 0.1) is 0 Å². The van der Waals surface area contributed by atoms with Crippen LogP contribution < -0.4 is 0 Å². The minimum Gasteiger partial charge on any atom is -0.100 e. The summed E-state index contributed by atoms with van der Waals surface area (Å²) in [6.07, 6.45) is 6.38. The molecule has 1 unspecified atom stereocenters. The van der Waals surface area contributed by atoms with Gasteiger partial charge in [0.15, 0.2) is 0 Å². The van der Waals surface area contributed by atoms with Gasteiger partial charge in [-0.15, -0.1) is 11.6 Å². The summed E-state index contributed by atoms with van der Waals surface area (Å²) in [6.45, 7) is 0. The van der Waals surface area contributed by atoms with Crippen molar-refractivity contribution in [3.05, 3.63) is 23.3 Å². The zero-order valence-electron chi connectivity index (χ0n) is 4.57. The highest BCUT2D eigenvalue weighted by Gasteiger charge is 2.26. The molecule has 0 saturated heterocycles. The van der Waals surface area contributed by atoms with Gasteiger partial charge in [-0.05, 0) is 12.5 Å². The van der Waals surface area contributed by atoms with Gasteiger partial charge in [-0.3, -0.25) is 0 Å². The summed E-state index contributed by atoms with van der Waals surface area (Å²) in [5.41, 5.74) is 0. The van der Waals surface area contributed by atoms with Gasteiger partial charge in [0.2, 0.25) is 0 Å². The van der Waals surface area contributed by atoms with Crippen molar-refractivity contribution in [2.45, 2.75) is 10.2 Å². The fourth-order valence-electron chi connectivity index (χ4n) is 0.588. The Kier molecular flexibility index (Phi) is 2.25. The number of halogens is 3. The minimum absolute atomic E-state index is 0.538. The van der Waals surface area contributed by atoms with Crippen LogP contribution in [-0.2, 0) is 0 Å². The van der Waals surface area contributed by atoms with E-state index in [1.165, 1.54) is 0 Å². The standard InChI is InChI=1S/C6H5BrCl2/c7-6(9)4-2-1-3-5(6)8/h1-3H,4H2. The van der Waals surface area contributed by atoms with E-state index < -0.39 is 3.78 Å². The molecule has 1 atom stereocenters. The van der Waals surface area contributed by atoms with Gasteiger partial charge in [-0.1, -0.05) is 39.7 Å². The normalized spacial score (nSPS) is 34.3. The van der Waals surface area contributed by atoms with Crippen molar-refractivity contribution < 1.29 is 0 Å². The van der Waals surface area contributed by atoms with Gasteiger partial charge in [-0.25, -0.2) is 0 Å². The fourth-order valence-corrected chi connectivity index (χ4v) is 1.21. The van der Waals surface area contributed by atoms with E-state index in [1.807, 2.05) is 12.2 Å². The van der Waals surface area contributed by atoms with Crippen LogP contribution in [0.25, 0.3) is 0 Å². The Balaban J connectivity index is 2.83. The lowest BCUT2D eigenvalue weighted by atomic mass is 10.2. The van der Waals surface area contributed by atoms with Gasteiger partial charge >= 0.3 is 0 Å². The molecule has 1 aliphatic carbocycles. The van der Waals surface area contributed by atoms with E-state index in [1.54, 1.807) is 6.08 Å². The van der Waals surface area contributed by atoms with E-state index in [4.69, 9.17) is 23.2 Å². The molecule has 3 heteroatoms. The van der Waals surface area contributed by atoms with Gasteiger partial charge in [0, 0.05) is 0 Å². The van der Waals surface area contributed by atoms with Gasteiger partial charge in [0.1, 0.15) is 3.78 Å². The molecule has 9 heavy (non-hydrogen) atoms. The first-order chi connectivity index (χ1) is 4.13. The number of allylic oxidation sites excluding steroid dienone is 4.